The van der Waals surface area contributed by atoms with Crippen molar-refractivity contribution in [2.75, 3.05) is 20.4 Å². The molecule has 0 aromatic heterocycles. The molecule has 1 atom stereocenters. The molecule has 0 fully saturated rings. The third-order valence-corrected chi connectivity index (χ3v) is 4.10. The Hall–Kier alpha value is -3.29. The highest BCUT2D eigenvalue weighted by Gasteiger charge is 2.17. The van der Waals surface area contributed by atoms with Crippen LogP contribution in [0.3, 0.4) is 0 Å². The van der Waals surface area contributed by atoms with Crippen molar-refractivity contribution in [1.82, 2.24) is 10.6 Å². The van der Waals surface area contributed by atoms with Gasteiger partial charge in [-0.1, -0.05) is 6.07 Å². The Labute approximate surface area is 155 Å². The van der Waals surface area contributed by atoms with Gasteiger partial charge >= 0.3 is 0 Å². The van der Waals surface area contributed by atoms with Crippen molar-refractivity contribution in [3.05, 3.63) is 53.3 Å². The summed E-state index contributed by atoms with van der Waals surface area (Å²) in [7, 11) is 1.38. The molecule has 2 aromatic rings. The smallest absolute Gasteiger partial charge is 0.251 e. The number of carbonyl (C=O) groups excluding carboxylic acids is 2. The largest absolute Gasteiger partial charge is 0.494 e. The van der Waals surface area contributed by atoms with Gasteiger partial charge in [0.2, 0.25) is 12.7 Å². The lowest BCUT2D eigenvalue weighted by Gasteiger charge is -2.15. The van der Waals surface area contributed by atoms with Gasteiger partial charge in [-0.15, -0.1) is 0 Å². The van der Waals surface area contributed by atoms with Crippen molar-refractivity contribution in [3.63, 3.8) is 0 Å². The molecule has 2 N–H and O–H groups in total. The molecule has 0 saturated heterocycles. The molecule has 2 amide bonds. The number of hydrogen-bond acceptors (Lipinski definition) is 5. The van der Waals surface area contributed by atoms with Gasteiger partial charge in [-0.3, -0.25) is 9.59 Å². The van der Waals surface area contributed by atoms with Crippen LogP contribution in [0.15, 0.2) is 36.4 Å². The number of amides is 2. The maximum atomic E-state index is 13.8. The van der Waals surface area contributed by atoms with Crippen LogP contribution in [0.5, 0.6) is 17.2 Å². The summed E-state index contributed by atoms with van der Waals surface area (Å²) in [5, 5.41) is 5.24. The normalized spacial score (nSPS) is 13.0. The standard InChI is InChI=1S/C19H19FN2O5/c1-11(12-3-5-15(25-2)14(20)7-12)22-18(23)9-21-19(24)13-4-6-16-17(8-13)27-10-26-16/h3-8,11H,9-10H2,1-2H3,(H,21,24)(H,22,23). The molecule has 3 rings (SSSR count). The van der Waals surface area contributed by atoms with E-state index in [9.17, 15) is 14.0 Å². The Bertz CT molecular complexity index is 871. The van der Waals surface area contributed by atoms with Gasteiger partial charge in [-0.05, 0) is 42.8 Å². The number of hydrogen-bond donors (Lipinski definition) is 2. The fourth-order valence-corrected chi connectivity index (χ4v) is 2.63. The van der Waals surface area contributed by atoms with Crippen LogP contribution in [-0.4, -0.2) is 32.3 Å². The molecule has 7 nitrogen and oxygen atoms in total. The number of methoxy groups -OCH3 is 1. The summed E-state index contributed by atoms with van der Waals surface area (Å²) in [6.45, 7) is 1.63. The predicted octanol–water partition coefficient (Wildman–Crippen LogP) is 2.17. The zero-order chi connectivity index (χ0) is 19.4. The van der Waals surface area contributed by atoms with E-state index in [-0.39, 0.29) is 19.1 Å². The van der Waals surface area contributed by atoms with E-state index in [1.165, 1.54) is 19.2 Å². The summed E-state index contributed by atoms with van der Waals surface area (Å²) in [6.07, 6.45) is 0. The van der Waals surface area contributed by atoms with E-state index in [0.717, 1.165) is 0 Å². The van der Waals surface area contributed by atoms with Crippen LogP contribution in [0.2, 0.25) is 0 Å². The van der Waals surface area contributed by atoms with Crippen LogP contribution in [0.1, 0.15) is 28.9 Å². The van der Waals surface area contributed by atoms with Crippen LogP contribution in [0.25, 0.3) is 0 Å². The second-order valence-electron chi connectivity index (χ2n) is 5.93. The molecule has 1 aliphatic heterocycles. The fraction of sp³-hybridized carbons (Fsp3) is 0.263. The average molecular weight is 374 g/mol. The van der Waals surface area contributed by atoms with Gasteiger partial charge in [-0.25, -0.2) is 4.39 Å². The SMILES string of the molecule is COc1ccc(C(C)NC(=O)CNC(=O)c2ccc3c(c2)OCO3)cc1F. The molecule has 2 aromatic carbocycles. The first kappa shape index (κ1) is 18.5. The number of halogens is 1. The van der Waals surface area contributed by atoms with Gasteiger partial charge in [0, 0.05) is 5.56 Å². The highest BCUT2D eigenvalue weighted by Crippen LogP contribution is 2.32. The summed E-state index contributed by atoms with van der Waals surface area (Å²) in [5.41, 5.74) is 0.945. The molecule has 0 aliphatic carbocycles. The van der Waals surface area contributed by atoms with E-state index < -0.39 is 23.7 Å². The third kappa shape index (κ3) is 4.28. The minimum absolute atomic E-state index is 0.118. The second kappa shape index (κ2) is 7.94. The lowest BCUT2D eigenvalue weighted by atomic mass is 10.1. The molecule has 0 bridgehead atoms. The zero-order valence-electron chi connectivity index (χ0n) is 14.9. The van der Waals surface area contributed by atoms with Crippen LogP contribution in [0, 0.1) is 5.82 Å². The van der Waals surface area contributed by atoms with Gasteiger partial charge < -0.3 is 24.8 Å². The van der Waals surface area contributed by atoms with Crippen LogP contribution >= 0.6 is 0 Å². The molecule has 0 saturated carbocycles. The Balaban J connectivity index is 1.53. The molecule has 1 heterocycles. The summed E-state index contributed by atoms with van der Waals surface area (Å²) in [6, 6.07) is 8.81. The van der Waals surface area contributed by atoms with Crippen molar-refractivity contribution < 1.29 is 28.2 Å². The van der Waals surface area contributed by atoms with Crippen LogP contribution in [-0.2, 0) is 4.79 Å². The predicted molar refractivity (Wildman–Crippen MR) is 94.4 cm³/mol. The van der Waals surface area contributed by atoms with Crippen molar-refractivity contribution in [1.29, 1.82) is 0 Å². The Morgan fingerprint density at radius 3 is 2.70 bits per heavy atom. The average Bonchev–Trinajstić information content (AvgIpc) is 3.13. The number of rotatable bonds is 6. The van der Waals surface area contributed by atoms with E-state index in [4.69, 9.17) is 14.2 Å². The first-order valence-electron chi connectivity index (χ1n) is 8.28. The van der Waals surface area contributed by atoms with E-state index in [1.54, 1.807) is 31.2 Å². The van der Waals surface area contributed by atoms with Gasteiger partial charge in [0.1, 0.15) is 0 Å². The molecule has 1 unspecified atom stereocenters. The molecular weight excluding hydrogens is 355 g/mol. The first-order valence-corrected chi connectivity index (χ1v) is 8.28. The van der Waals surface area contributed by atoms with Gasteiger partial charge in [0.15, 0.2) is 23.1 Å². The number of benzene rings is 2. The zero-order valence-corrected chi connectivity index (χ0v) is 14.9. The van der Waals surface area contributed by atoms with Crippen molar-refractivity contribution in [2.45, 2.75) is 13.0 Å². The van der Waals surface area contributed by atoms with Crippen LogP contribution < -0.4 is 24.8 Å². The quantitative estimate of drug-likeness (QED) is 0.809. The number of fused-ring (bicyclic) bond motifs is 1. The Morgan fingerprint density at radius 2 is 1.96 bits per heavy atom. The fourth-order valence-electron chi connectivity index (χ4n) is 2.63. The molecule has 1 aliphatic rings. The second-order valence-corrected chi connectivity index (χ2v) is 5.93. The molecule has 0 radical (unpaired) electrons. The molecule has 27 heavy (non-hydrogen) atoms. The molecule has 0 spiro atoms. The number of carbonyl (C=O) groups is 2. The lowest BCUT2D eigenvalue weighted by Crippen LogP contribution is -2.38. The highest BCUT2D eigenvalue weighted by molar-refractivity contribution is 5.97. The first-order chi connectivity index (χ1) is 13.0. The number of ether oxygens (including phenoxy) is 3. The number of nitrogens with one attached hydrogen (secondary N) is 2. The minimum atomic E-state index is -0.507. The Morgan fingerprint density at radius 1 is 1.19 bits per heavy atom. The van der Waals surface area contributed by atoms with Crippen LogP contribution in [0.4, 0.5) is 4.39 Å². The van der Waals surface area contributed by atoms with E-state index in [1.807, 2.05) is 0 Å². The maximum absolute atomic E-state index is 13.8. The molecular formula is C19H19FN2O5. The monoisotopic (exact) mass is 374 g/mol. The summed E-state index contributed by atoms with van der Waals surface area (Å²) in [5.74, 6) is -0.119. The van der Waals surface area contributed by atoms with Gasteiger partial charge in [0.25, 0.3) is 5.91 Å². The van der Waals surface area contributed by atoms with E-state index in [0.29, 0.717) is 22.6 Å². The summed E-state index contributed by atoms with van der Waals surface area (Å²) >= 11 is 0. The maximum Gasteiger partial charge on any atom is 0.251 e. The topological polar surface area (TPSA) is 85.9 Å². The van der Waals surface area contributed by atoms with Crippen molar-refractivity contribution >= 4 is 11.8 Å². The minimum Gasteiger partial charge on any atom is -0.494 e. The lowest BCUT2D eigenvalue weighted by molar-refractivity contribution is -0.120. The van der Waals surface area contributed by atoms with Crippen molar-refractivity contribution in [3.8, 4) is 17.2 Å². The summed E-state index contributed by atoms with van der Waals surface area (Å²) in [4.78, 5) is 24.2. The third-order valence-electron chi connectivity index (χ3n) is 4.10. The van der Waals surface area contributed by atoms with E-state index in [2.05, 4.69) is 10.6 Å². The molecule has 142 valence electrons. The van der Waals surface area contributed by atoms with Gasteiger partial charge in [0.05, 0.1) is 19.7 Å². The van der Waals surface area contributed by atoms with Crippen molar-refractivity contribution in [2.24, 2.45) is 0 Å². The highest BCUT2D eigenvalue weighted by atomic mass is 19.1. The van der Waals surface area contributed by atoms with E-state index >= 15 is 0 Å². The Kier molecular flexibility index (Phi) is 5.44. The molecule has 8 heteroatoms. The summed E-state index contributed by atoms with van der Waals surface area (Å²) < 4.78 is 29.0. The van der Waals surface area contributed by atoms with Gasteiger partial charge in [-0.2, -0.15) is 0 Å².